The van der Waals surface area contributed by atoms with E-state index in [1.807, 2.05) is 41.5 Å². The van der Waals surface area contributed by atoms with Crippen LogP contribution < -0.4 is 0 Å². The van der Waals surface area contributed by atoms with Crippen molar-refractivity contribution in [2.24, 2.45) is 29.1 Å². The Labute approximate surface area is 277 Å². The van der Waals surface area contributed by atoms with Gasteiger partial charge < -0.3 is 19.3 Å². The predicted molar refractivity (Wildman–Crippen MR) is 175 cm³/mol. The molecule has 0 aromatic carbocycles. The number of hydrogen-bond acceptors (Lipinski definition) is 10. The maximum absolute atomic E-state index is 14.5. The Balaban J connectivity index is 8.18. The highest BCUT2D eigenvalue weighted by Gasteiger charge is 2.68. The zero-order chi connectivity index (χ0) is 35.5. The molecule has 0 fully saturated rings. The molecule has 46 heavy (non-hydrogen) atoms. The van der Waals surface area contributed by atoms with Crippen LogP contribution in [0.3, 0.4) is 0 Å². The summed E-state index contributed by atoms with van der Waals surface area (Å²) < 4.78 is 15.4. The number of hydrogen-bond donors (Lipinski definition) is 1. The van der Waals surface area contributed by atoms with Crippen molar-refractivity contribution in [3.05, 3.63) is 0 Å². The van der Waals surface area contributed by atoms with Crippen LogP contribution in [0.5, 0.6) is 0 Å². The number of aliphatic hydroxyl groups is 1. The Kier molecular flexibility index (Phi) is 20.8. The van der Waals surface area contributed by atoms with E-state index in [0.717, 1.165) is 59.3 Å². The molecule has 0 aromatic heterocycles. The van der Waals surface area contributed by atoms with Gasteiger partial charge >= 0.3 is 35.8 Å². The second-order valence-electron chi connectivity index (χ2n) is 13.0. The molecule has 0 aliphatic carbocycles. The quantitative estimate of drug-likeness (QED) is 0.0670. The topological polar surface area (TPSA) is 150 Å². The summed E-state index contributed by atoms with van der Waals surface area (Å²) in [6.07, 6.45) is 8.22. The van der Waals surface area contributed by atoms with Gasteiger partial charge in [0.2, 0.25) is 0 Å². The van der Waals surface area contributed by atoms with Gasteiger partial charge in [0.15, 0.2) is 5.60 Å². The van der Waals surface area contributed by atoms with E-state index in [2.05, 4.69) is 0 Å². The van der Waals surface area contributed by atoms with Crippen LogP contribution in [0, 0.1) is 29.1 Å². The lowest BCUT2D eigenvalue weighted by Gasteiger charge is -2.49. The molecule has 0 saturated carbocycles. The lowest BCUT2D eigenvalue weighted by molar-refractivity contribution is -0.218. The molecule has 0 radical (unpaired) electrons. The largest absolute Gasteiger partial charge is 0.393 e. The number of carbonyl (C=O) groups is 6. The summed E-state index contributed by atoms with van der Waals surface area (Å²) >= 11 is 0. The number of rotatable bonds is 23. The van der Waals surface area contributed by atoms with Crippen LogP contribution in [0.15, 0.2) is 0 Å². The second-order valence-corrected chi connectivity index (χ2v) is 13.0. The Morgan fingerprint density at radius 1 is 0.565 bits per heavy atom. The van der Waals surface area contributed by atoms with Crippen molar-refractivity contribution in [2.75, 3.05) is 0 Å². The van der Waals surface area contributed by atoms with Crippen molar-refractivity contribution in [1.82, 2.24) is 0 Å². The normalized spacial score (nSPS) is 16.6. The van der Waals surface area contributed by atoms with E-state index in [0.29, 0.717) is 38.5 Å². The molecule has 1 N–H and O–H groups in total. The first-order chi connectivity index (χ1) is 21.6. The standard InChI is InChI=1S/C36H62O10/c1-10-16-19-28(13-4)22-31(32(40)44-25(7)37)36(43,34(42)46-27(9)39)35(33(41)45-26(8)38,23-29(14-5)20-17-11-2)24-30(15-6)21-18-12-3/h28-31,43H,10-24H2,1-9H3. The smallest absolute Gasteiger partial charge is 0.347 e. The van der Waals surface area contributed by atoms with Crippen molar-refractivity contribution in [2.45, 2.75) is 164 Å². The third-order valence-corrected chi connectivity index (χ3v) is 9.41. The van der Waals surface area contributed by atoms with E-state index in [9.17, 15) is 33.9 Å². The second kappa shape index (κ2) is 22.0. The molecule has 10 nitrogen and oxygen atoms in total. The van der Waals surface area contributed by atoms with Crippen molar-refractivity contribution >= 4 is 35.8 Å². The summed E-state index contributed by atoms with van der Waals surface area (Å²) in [5.41, 5.74) is -5.21. The van der Waals surface area contributed by atoms with Gasteiger partial charge in [-0.1, -0.05) is 119 Å². The minimum Gasteiger partial charge on any atom is -0.393 e. The molecular weight excluding hydrogens is 592 g/mol. The fourth-order valence-corrected chi connectivity index (χ4v) is 6.66. The number of carbonyl (C=O) groups excluding carboxylic acids is 6. The Morgan fingerprint density at radius 3 is 1.28 bits per heavy atom. The summed E-state index contributed by atoms with van der Waals surface area (Å²) in [5, 5.41) is 13.1. The Morgan fingerprint density at radius 2 is 0.935 bits per heavy atom. The summed E-state index contributed by atoms with van der Waals surface area (Å²) in [5.74, 6) is -9.26. The number of unbranched alkanes of at least 4 members (excludes halogenated alkanes) is 3. The van der Waals surface area contributed by atoms with E-state index >= 15 is 0 Å². The van der Waals surface area contributed by atoms with Crippen LogP contribution in [-0.2, 0) is 43.0 Å². The van der Waals surface area contributed by atoms with Gasteiger partial charge in [-0.15, -0.1) is 0 Å². The zero-order valence-corrected chi connectivity index (χ0v) is 30.0. The molecule has 0 spiro atoms. The number of esters is 6. The van der Waals surface area contributed by atoms with Crippen molar-refractivity contribution in [3.63, 3.8) is 0 Å². The zero-order valence-electron chi connectivity index (χ0n) is 30.0. The molecule has 0 aliphatic heterocycles. The number of ether oxygens (including phenoxy) is 3. The lowest BCUT2D eigenvalue weighted by atomic mass is 9.56. The van der Waals surface area contributed by atoms with E-state index in [-0.39, 0.29) is 37.0 Å². The highest BCUT2D eigenvalue weighted by molar-refractivity contribution is 6.01. The van der Waals surface area contributed by atoms with Crippen molar-refractivity contribution in [3.8, 4) is 0 Å². The summed E-state index contributed by atoms with van der Waals surface area (Å²) in [4.78, 5) is 79.6. The van der Waals surface area contributed by atoms with Gasteiger partial charge in [-0.2, -0.15) is 0 Å². The van der Waals surface area contributed by atoms with Crippen LogP contribution in [0.1, 0.15) is 159 Å². The highest BCUT2D eigenvalue weighted by Crippen LogP contribution is 2.53. The molecule has 0 rings (SSSR count). The molecule has 10 heteroatoms. The van der Waals surface area contributed by atoms with Gasteiger partial charge in [0.1, 0.15) is 5.41 Å². The van der Waals surface area contributed by atoms with Gasteiger partial charge in [-0.3, -0.25) is 24.0 Å². The average Bonchev–Trinajstić information content (AvgIpc) is 2.98. The van der Waals surface area contributed by atoms with Gasteiger partial charge in [-0.25, -0.2) is 4.79 Å². The predicted octanol–water partition coefficient (Wildman–Crippen LogP) is 7.41. The summed E-state index contributed by atoms with van der Waals surface area (Å²) in [6, 6.07) is 0. The fraction of sp³-hybridized carbons (Fsp3) is 0.833. The third-order valence-electron chi connectivity index (χ3n) is 9.41. The summed E-state index contributed by atoms with van der Waals surface area (Å²) in [6.45, 7) is 14.9. The van der Waals surface area contributed by atoms with E-state index in [4.69, 9.17) is 14.2 Å². The minimum atomic E-state index is -3.02. The molecule has 0 aromatic rings. The maximum atomic E-state index is 14.5. The van der Waals surface area contributed by atoms with Crippen LogP contribution in [0.4, 0.5) is 0 Å². The van der Waals surface area contributed by atoms with E-state index in [1.165, 1.54) is 0 Å². The van der Waals surface area contributed by atoms with E-state index < -0.39 is 52.7 Å². The molecule has 0 amide bonds. The van der Waals surface area contributed by atoms with Crippen molar-refractivity contribution < 1.29 is 48.1 Å². The third kappa shape index (κ3) is 12.9. The molecular formula is C36H62O10. The highest BCUT2D eigenvalue weighted by atomic mass is 16.6. The van der Waals surface area contributed by atoms with Crippen LogP contribution in [0.2, 0.25) is 0 Å². The molecule has 5 atom stereocenters. The Bertz CT molecular complexity index is 971. The molecule has 0 aliphatic rings. The van der Waals surface area contributed by atoms with Gasteiger partial charge in [0.05, 0.1) is 5.92 Å². The molecule has 266 valence electrons. The molecule has 0 bridgehead atoms. The SMILES string of the molecule is CCCCC(CC)CC(C(=O)OC(C)=O)C(O)(C(=O)OC(C)=O)C(CC(CC)CCCC)(CC(CC)CCCC)C(=O)OC(C)=O. The van der Waals surface area contributed by atoms with Crippen LogP contribution in [0.25, 0.3) is 0 Å². The van der Waals surface area contributed by atoms with Gasteiger partial charge in [-0.05, 0) is 37.0 Å². The molecule has 0 saturated heterocycles. The first-order valence-corrected chi connectivity index (χ1v) is 17.5. The van der Waals surface area contributed by atoms with Gasteiger partial charge in [0.25, 0.3) is 0 Å². The average molecular weight is 655 g/mol. The Hall–Kier alpha value is -2.62. The first kappa shape index (κ1) is 43.4. The lowest BCUT2D eigenvalue weighted by Crippen LogP contribution is -2.66. The fourth-order valence-electron chi connectivity index (χ4n) is 6.66. The molecule has 0 heterocycles. The van der Waals surface area contributed by atoms with Crippen LogP contribution >= 0.6 is 0 Å². The molecule has 5 unspecified atom stereocenters. The summed E-state index contributed by atoms with van der Waals surface area (Å²) in [7, 11) is 0. The monoisotopic (exact) mass is 654 g/mol. The van der Waals surface area contributed by atoms with Crippen molar-refractivity contribution in [1.29, 1.82) is 0 Å². The maximum Gasteiger partial charge on any atom is 0.347 e. The minimum absolute atomic E-state index is 0.114. The first-order valence-electron chi connectivity index (χ1n) is 17.5. The van der Waals surface area contributed by atoms with Crippen LogP contribution in [-0.4, -0.2) is 46.5 Å². The van der Waals surface area contributed by atoms with Gasteiger partial charge in [0, 0.05) is 20.8 Å². The van der Waals surface area contributed by atoms with E-state index in [1.54, 1.807) is 0 Å².